The van der Waals surface area contributed by atoms with Gasteiger partial charge in [0.25, 0.3) is 5.91 Å². The van der Waals surface area contributed by atoms with Gasteiger partial charge < -0.3 is 10.6 Å². The van der Waals surface area contributed by atoms with E-state index in [1.165, 1.54) is 12.1 Å². The van der Waals surface area contributed by atoms with E-state index >= 15 is 0 Å². The van der Waals surface area contributed by atoms with Crippen LogP contribution in [0.2, 0.25) is 0 Å². The fourth-order valence-electron chi connectivity index (χ4n) is 2.53. The molecule has 1 atom stereocenters. The normalized spacial score (nSPS) is 17.8. The van der Waals surface area contributed by atoms with Gasteiger partial charge in [0, 0.05) is 0 Å². The maximum atomic E-state index is 12.9. The van der Waals surface area contributed by atoms with Crippen molar-refractivity contribution < 1.29 is 27.6 Å². The molecule has 1 aliphatic rings. The molecule has 136 valence electrons. The molecule has 1 fully saturated rings. The van der Waals surface area contributed by atoms with Crippen LogP contribution in [-0.4, -0.2) is 35.3 Å². The van der Waals surface area contributed by atoms with Gasteiger partial charge in [0.15, 0.2) is 0 Å². The van der Waals surface area contributed by atoms with Crippen molar-refractivity contribution in [2.45, 2.75) is 32.5 Å². The molecule has 0 aromatic heterocycles. The summed E-state index contributed by atoms with van der Waals surface area (Å²) in [5.74, 6) is -1.29. The van der Waals surface area contributed by atoms with E-state index in [2.05, 4.69) is 10.6 Å². The smallest absolute Gasteiger partial charge is 0.326 e. The third-order valence-corrected chi connectivity index (χ3v) is 3.62. The van der Waals surface area contributed by atoms with Crippen molar-refractivity contribution in [2.75, 3.05) is 11.9 Å². The fraction of sp³-hybridized carbons (Fsp3) is 0.438. The topological polar surface area (TPSA) is 78.5 Å². The van der Waals surface area contributed by atoms with Crippen LogP contribution in [0.1, 0.15) is 25.8 Å². The van der Waals surface area contributed by atoms with E-state index in [1.807, 2.05) is 13.8 Å². The highest BCUT2D eigenvalue weighted by Crippen LogP contribution is 2.34. The molecule has 0 unspecified atom stereocenters. The number of benzene rings is 1. The van der Waals surface area contributed by atoms with Gasteiger partial charge in [-0.25, -0.2) is 4.79 Å². The predicted molar refractivity (Wildman–Crippen MR) is 83.6 cm³/mol. The Hall–Kier alpha value is -2.58. The number of para-hydroxylation sites is 1. The van der Waals surface area contributed by atoms with Crippen LogP contribution < -0.4 is 10.6 Å². The van der Waals surface area contributed by atoms with E-state index in [0.717, 1.165) is 12.1 Å². The number of alkyl halides is 3. The number of urea groups is 1. The van der Waals surface area contributed by atoms with Crippen LogP contribution in [0.4, 0.5) is 23.7 Å². The maximum absolute atomic E-state index is 12.9. The van der Waals surface area contributed by atoms with Crippen molar-refractivity contribution in [3.63, 3.8) is 0 Å². The molecule has 1 saturated heterocycles. The summed E-state index contributed by atoms with van der Waals surface area (Å²) in [6.07, 6.45) is -4.22. The number of halogens is 3. The zero-order valence-electron chi connectivity index (χ0n) is 13.7. The van der Waals surface area contributed by atoms with Gasteiger partial charge >= 0.3 is 12.2 Å². The van der Waals surface area contributed by atoms with E-state index in [1.54, 1.807) is 0 Å². The largest absolute Gasteiger partial charge is 0.418 e. The Labute approximate surface area is 142 Å². The number of nitrogens with zero attached hydrogens (tertiary/aromatic N) is 1. The fourth-order valence-corrected chi connectivity index (χ4v) is 2.53. The average molecular weight is 357 g/mol. The van der Waals surface area contributed by atoms with Crippen molar-refractivity contribution in [2.24, 2.45) is 5.92 Å². The Kier molecular flexibility index (Phi) is 5.34. The molecule has 2 N–H and O–H groups in total. The van der Waals surface area contributed by atoms with Gasteiger partial charge in [-0.3, -0.25) is 14.5 Å². The Morgan fingerprint density at radius 3 is 2.52 bits per heavy atom. The molecule has 4 amide bonds. The van der Waals surface area contributed by atoms with Crippen LogP contribution in [0, 0.1) is 5.92 Å². The molecule has 0 radical (unpaired) electrons. The van der Waals surface area contributed by atoms with E-state index in [0.29, 0.717) is 11.3 Å². The van der Waals surface area contributed by atoms with Gasteiger partial charge in [0.05, 0.1) is 11.3 Å². The number of amides is 4. The molecule has 1 heterocycles. The molecule has 1 aromatic rings. The third-order valence-electron chi connectivity index (χ3n) is 3.62. The van der Waals surface area contributed by atoms with Crippen LogP contribution in [-0.2, 0) is 15.8 Å². The number of carbonyl (C=O) groups is 3. The van der Waals surface area contributed by atoms with Gasteiger partial charge in [0.1, 0.15) is 12.6 Å². The standard InChI is InChI=1S/C16H18F3N3O3/c1-9(2)7-12-14(24)22(15(25)21-12)8-13(23)20-11-6-4-3-5-10(11)16(17,18)19/h3-6,9,12H,7-8H2,1-2H3,(H,20,23)(H,21,25)/t12-/m0/s1. The number of hydrogen-bond donors (Lipinski definition) is 2. The second-order valence-electron chi connectivity index (χ2n) is 6.15. The first kappa shape index (κ1) is 18.8. The lowest BCUT2D eigenvalue weighted by atomic mass is 10.0. The summed E-state index contributed by atoms with van der Waals surface area (Å²) in [6.45, 7) is 3.11. The van der Waals surface area contributed by atoms with Gasteiger partial charge in [-0.1, -0.05) is 26.0 Å². The first-order chi connectivity index (χ1) is 11.6. The Bertz CT molecular complexity index is 689. The Balaban J connectivity index is 2.06. The summed E-state index contributed by atoms with van der Waals surface area (Å²) in [5.41, 5.74) is -1.43. The quantitative estimate of drug-likeness (QED) is 0.795. The molecule has 0 saturated carbocycles. The number of rotatable bonds is 5. The monoisotopic (exact) mass is 357 g/mol. The van der Waals surface area contributed by atoms with Crippen LogP contribution in [0.5, 0.6) is 0 Å². The SMILES string of the molecule is CC(C)C[C@@H]1NC(=O)N(CC(=O)Nc2ccccc2C(F)(F)F)C1=O. The van der Waals surface area contributed by atoms with Crippen molar-refractivity contribution in [1.82, 2.24) is 10.2 Å². The molecule has 25 heavy (non-hydrogen) atoms. The van der Waals surface area contributed by atoms with Crippen molar-refractivity contribution >= 4 is 23.5 Å². The van der Waals surface area contributed by atoms with E-state index in [-0.39, 0.29) is 5.92 Å². The van der Waals surface area contributed by atoms with Gasteiger partial charge in [-0.2, -0.15) is 13.2 Å². The second kappa shape index (κ2) is 7.12. The van der Waals surface area contributed by atoms with Crippen LogP contribution >= 0.6 is 0 Å². The molecular weight excluding hydrogens is 339 g/mol. The highest BCUT2D eigenvalue weighted by molar-refractivity contribution is 6.08. The molecule has 2 rings (SSSR count). The number of carbonyl (C=O) groups excluding carboxylic acids is 3. The molecule has 0 spiro atoms. The molecular formula is C16H18F3N3O3. The first-order valence-corrected chi connectivity index (χ1v) is 7.67. The third kappa shape index (κ3) is 4.49. The van der Waals surface area contributed by atoms with Crippen molar-refractivity contribution in [3.05, 3.63) is 29.8 Å². The lowest BCUT2D eigenvalue weighted by Crippen LogP contribution is -2.38. The summed E-state index contributed by atoms with van der Waals surface area (Å²) in [5, 5.41) is 4.58. The van der Waals surface area contributed by atoms with E-state index < -0.39 is 47.9 Å². The summed E-state index contributed by atoms with van der Waals surface area (Å²) in [4.78, 5) is 36.7. The maximum Gasteiger partial charge on any atom is 0.418 e. The van der Waals surface area contributed by atoms with Crippen molar-refractivity contribution in [3.8, 4) is 0 Å². The minimum Gasteiger partial charge on any atom is -0.326 e. The van der Waals surface area contributed by atoms with Crippen LogP contribution in [0.15, 0.2) is 24.3 Å². The number of imide groups is 1. The Morgan fingerprint density at radius 2 is 1.92 bits per heavy atom. The summed E-state index contributed by atoms with van der Waals surface area (Å²) in [7, 11) is 0. The van der Waals surface area contributed by atoms with Gasteiger partial charge in [-0.15, -0.1) is 0 Å². The minimum absolute atomic E-state index is 0.154. The summed E-state index contributed by atoms with van der Waals surface area (Å²) < 4.78 is 38.8. The Morgan fingerprint density at radius 1 is 1.28 bits per heavy atom. The zero-order chi connectivity index (χ0) is 18.8. The van der Waals surface area contributed by atoms with Crippen LogP contribution in [0.25, 0.3) is 0 Å². The number of nitrogens with one attached hydrogen (secondary N) is 2. The molecule has 9 heteroatoms. The molecule has 1 aliphatic heterocycles. The van der Waals surface area contributed by atoms with Crippen LogP contribution in [0.3, 0.4) is 0 Å². The average Bonchev–Trinajstić information content (AvgIpc) is 2.73. The predicted octanol–water partition coefficient (Wildman–Crippen LogP) is 2.61. The van der Waals surface area contributed by atoms with Gasteiger partial charge in [-0.05, 0) is 24.5 Å². The van der Waals surface area contributed by atoms with E-state index in [4.69, 9.17) is 0 Å². The second-order valence-corrected chi connectivity index (χ2v) is 6.15. The zero-order valence-corrected chi connectivity index (χ0v) is 13.7. The molecule has 1 aromatic carbocycles. The molecule has 6 nitrogen and oxygen atoms in total. The minimum atomic E-state index is -4.63. The molecule has 0 aliphatic carbocycles. The number of anilines is 1. The first-order valence-electron chi connectivity index (χ1n) is 7.67. The lowest BCUT2D eigenvalue weighted by molar-refractivity contribution is -0.137. The summed E-state index contributed by atoms with van der Waals surface area (Å²) in [6, 6.07) is 3.04. The van der Waals surface area contributed by atoms with Crippen molar-refractivity contribution in [1.29, 1.82) is 0 Å². The highest BCUT2D eigenvalue weighted by atomic mass is 19.4. The highest BCUT2D eigenvalue weighted by Gasteiger charge is 2.39. The number of hydrogen-bond acceptors (Lipinski definition) is 3. The van der Waals surface area contributed by atoms with E-state index in [9.17, 15) is 27.6 Å². The van der Waals surface area contributed by atoms with Gasteiger partial charge in [0.2, 0.25) is 5.91 Å². The molecule has 0 bridgehead atoms. The lowest BCUT2D eigenvalue weighted by Gasteiger charge is -2.16. The summed E-state index contributed by atoms with van der Waals surface area (Å²) >= 11 is 0.